The molecule has 2 aromatic rings. The van der Waals surface area contributed by atoms with Gasteiger partial charge in [-0.25, -0.2) is 10.2 Å². The van der Waals surface area contributed by atoms with Gasteiger partial charge in [-0.2, -0.15) is 0 Å². The van der Waals surface area contributed by atoms with Crippen LogP contribution in [-0.2, 0) is 0 Å². The number of amides is 3. The van der Waals surface area contributed by atoms with Crippen LogP contribution in [0.4, 0.5) is 4.79 Å². The molecular formula is C22H26N4O2. The first kappa shape index (κ1) is 17.3. The van der Waals surface area contributed by atoms with Crippen molar-refractivity contribution in [2.75, 3.05) is 0 Å². The average Bonchev–Trinajstić information content (AvgIpc) is 3.19. The lowest BCUT2D eigenvalue weighted by atomic mass is 9.53. The van der Waals surface area contributed by atoms with Crippen molar-refractivity contribution in [2.24, 2.45) is 17.8 Å². The molecule has 0 aliphatic heterocycles. The van der Waals surface area contributed by atoms with Crippen molar-refractivity contribution in [1.82, 2.24) is 20.7 Å². The molecule has 0 saturated heterocycles. The molecule has 6 rings (SSSR count). The topological polar surface area (TPSA) is 75.2 Å². The second-order valence-electron chi connectivity index (χ2n) is 8.87. The van der Waals surface area contributed by atoms with Crippen molar-refractivity contribution in [2.45, 2.75) is 44.1 Å². The number of carbonyl (C=O) groups excluding carboxylic acids is 2. The SMILES string of the molecule is O=C(NNC(=O)c1ccc(-n2cccc2)cc1)NC12CC3CC(CC(C3)C1)C2. The van der Waals surface area contributed by atoms with E-state index >= 15 is 0 Å². The lowest BCUT2D eigenvalue weighted by Gasteiger charge is -2.56. The Labute approximate surface area is 164 Å². The number of hydrogen-bond donors (Lipinski definition) is 3. The van der Waals surface area contributed by atoms with Gasteiger partial charge in [0.1, 0.15) is 0 Å². The van der Waals surface area contributed by atoms with Crippen LogP contribution in [0.1, 0.15) is 48.9 Å². The first-order valence-electron chi connectivity index (χ1n) is 10.2. The van der Waals surface area contributed by atoms with Crippen molar-refractivity contribution in [3.63, 3.8) is 0 Å². The maximum absolute atomic E-state index is 12.4. The summed E-state index contributed by atoms with van der Waals surface area (Å²) in [6, 6.07) is 10.9. The highest BCUT2D eigenvalue weighted by Gasteiger charge is 2.51. The fraction of sp³-hybridized carbons (Fsp3) is 0.455. The summed E-state index contributed by atoms with van der Waals surface area (Å²) in [6.07, 6.45) is 11.1. The van der Waals surface area contributed by atoms with Crippen LogP contribution in [0.15, 0.2) is 48.8 Å². The number of benzene rings is 1. The highest BCUT2D eigenvalue weighted by molar-refractivity contribution is 5.95. The average molecular weight is 378 g/mol. The van der Waals surface area contributed by atoms with Crippen molar-refractivity contribution in [3.05, 3.63) is 54.4 Å². The Kier molecular flexibility index (Phi) is 4.14. The van der Waals surface area contributed by atoms with E-state index in [-0.39, 0.29) is 17.5 Å². The maximum Gasteiger partial charge on any atom is 0.333 e. The molecule has 146 valence electrons. The second-order valence-corrected chi connectivity index (χ2v) is 8.87. The Morgan fingerprint density at radius 2 is 1.43 bits per heavy atom. The lowest BCUT2D eigenvalue weighted by Crippen LogP contribution is -2.62. The van der Waals surface area contributed by atoms with Gasteiger partial charge in [0.15, 0.2) is 0 Å². The molecule has 4 saturated carbocycles. The smallest absolute Gasteiger partial charge is 0.331 e. The van der Waals surface area contributed by atoms with E-state index in [1.165, 1.54) is 19.3 Å². The summed E-state index contributed by atoms with van der Waals surface area (Å²) in [5.74, 6) is 1.97. The molecule has 3 N–H and O–H groups in total. The Hall–Kier alpha value is -2.76. The predicted molar refractivity (Wildman–Crippen MR) is 106 cm³/mol. The number of nitrogens with zero attached hydrogens (tertiary/aromatic N) is 1. The minimum atomic E-state index is -0.320. The van der Waals surface area contributed by atoms with Crippen LogP contribution in [0.2, 0.25) is 0 Å². The summed E-state index contributed by atoms with van der Waals surface area (Å²) in [6.45, 7) is 0. The minimum Gasteiger partial charge on any atom is -0.331 e. The molecule has 4 bridgehead atoms. The number of rotatable bonds is 3. The van der Waals surface area contributed by atoms with E-state index in [4.69, 9.17) is 0 Å². The zero-order valence-corrected chi connectivity index (χ0v) is 15.9. The molecule has 0 atom stereocenters. The van der Waals surface area contributed by atoms with E-state index in [0.717, 1.165) is 42.7 Å². The van der Waals surface area contributed by atoms with Gasteiger partial charge in [0.05, 0.1) is 0 Å². The van der Waals surface area contributed by atoms with Crippen LogP contribution in [0.25, 0.3) is 5.69 Å². The largest absolute Gasteiger partial charge is 0.333 e. The van der Waals surface area contributed by atoms with E-state index in [9.17, 15) is 9.59 Å². The first-order chi connectivity index (χ1) is 13.6. The Balaban J connectivity index is 1.16. The van der Waals surface area contributed by atoms with E-state index in [0.29, 0.717) is 5.56 Å². The molecule has 1 heterocycles. The third-order valence-electron chi connectivity index (χ3n) is 6.74. The van der Waals surface area contributed by atoms with Crippen molar-refractivity contribution in [3.8, 4) is 5.69 Å². The zero-order chi connectivity index (χ0) is 19.1. The summed E-state index contributed by atoms with van der Waals surface area (Å²) in [4.78, 5) is 24.8. The van der Waals surface area contributed by atoms with Crippen molar-refractivity contribution >= 4 is 11.9 Å². The summed E-state index contributed by atoms with van der Waals surface area (Å²) in [7, 11) is 0. The quantitative estimate of drug-likeness (QED) is 0.716. The molecule has 0 unspecified atom stereocenters. The van der Waals surface area contributed by atoms with Crippen LogP contribution in [0.3, 0.4) is 0 Å². The Morgan fingerprint density at radius 3 is 2.00 bits per heavy atom. The summed E-state index contributed by atoms with van der Waals surface area (Å²) in [5.41, 5.74) is 6.49. The molecule has 6 nitrogen and oxygen atoms in total. The highest BCUT2D eigenvalue weighted by Crippen LogP contribution is 2.55. The van der Waals surface area contributed by atoms with Crippen LogP contribution in [-0.4, -0.2) is 22.0 Å². The zero-order valence-electron chi connectivity index (χ0n) is 15.9. The van der Waals surface area contributed by atoms with Gasteiger partial charge in [0, 0.05) is 29.2 Å². The molecule has 6 heteroatoms. The maximum atomic E-state index is 12.4. The molecule has 1 aromatic heterocycles. The fourth-order valence-electron chi connectivity index (χ4n) is 6.01. The molecule has 4 aliphatic rings. The van der Waals surface area contributed by atoms with Gasteiger partial charge in [-0.1, -0.05) is 0 Å². The van der Waals surface area contributed by atoms with Crippen LogP contribution < -0.4 is 16.2 Å². The van der Waals surface area contributed by atoms with Gasteiger partial charge in [0.2, 0.25) is 0 Å². The molecule has 3 amide bonds. The molecular weight excluding hydrogens is 352 g/mol. The summed E-state index contributed by atoms with van der Waals surface area (Å²) in [5, 5.41) is 3.19. The van der Waals surface area contributed by atoms with E-state index in [1.807, 2.05) is 41.2 Å². The number of nitrogens with one attached hydrogen (secondary N) is 3. The van der Waals surface area contributed by atoms with E-state index in [1.54, 1.807) is 12.1 Å². The summed E-state index contributed by atoms with van der Waals surface area (Å²) < 4.78 is 1.97. The molecule has 0 spiro atoms. The van der Waals surface area contributed by atoms with Gasteiger partial charge < -0.3 is 9.88 Å². The van der Waals surface area contributed by atoms with Gasteiger partial charge in [-0.15, -0.1) is 0 Å². The standard InChI is InChI=1S/C22H26N4O2/c27-20(18-3-5-19(6-4-18)26-7-1-2-8-26)24-25-21(28)23-22-12-15-9-16(13-22)11-17(10-15)14-22/h1-8,15-17H,9-14H2,(H,24,27)(H2,23,25,28). The van der Waals surface area contributed by atoms with Gasteiger partial charge in [-0.3, -0.25) is 10.2 Å². The molecule has 4 fully saturated rings. The second kappa shape index (κ2) is 6.69. The van der Waals surface area contributed by atoms with E-state index < -0.39 is 0 Å². The number of urea groups is 1. The number of hydrogen-bond acceptors (Lipinski definition) is 2. The minimum absolute atomic E-state index is 0.0675. The van der Waals surface area contributed by atoms with Gasteiger partial charge >= 0.3 is 6.03 Å². The highest BCUT2D eigenvalue weighted by atomic mass is 16.2. The van der Waals surface area contributed by atoms with E-state index in [2.05, 4.69) is 16.2 Å². The monoisotopic (exact) mass is 378 g/mol. The van der Waals surface area contributed by atoms with Crippen molar-refractivity contribution in [1.29, 1.82) is 0 Å². The van der Waals surface area contributed by atoms with Crippen molar-refractivity contribution < 1.29 is 9.59 Å². The Morgan fingerprint density at radius 1 is 0.857 bits per heavy atom. The number of aromatic nitrogens is 1. The van der Waals surface area contributed by atoms with Crippen LogP contribution in [0, 0.1) is 17.8 Å². The van der Waals surface area contributed by atoms with Gasteiger partial charge in [-0.05, 0) is 92.7 Å². The van der Waals surface area contributed by atoms with Gasteiger partial charge in [0.25, 0.3) is 5.91 Å². The molecule has 0 radical (unpaired) electrons. The predicted octanol–water partition coefficient (Wildman–Crippen LogP) is 3.39. The van der Waals surface area contributed by atoms with Crippen LogP contribution in [0.5, 0.6) is 0 Å². The normalized spacial score (nSPS) is 30.1. The first-order valence-corrected chi connectivity index (χ1v) is 10.2. The lowest BCUT2D eigenvalue weighted by molar-refractivity contribution is -0.0137. The summed E-state index contributed by atoms with van der Waals surface area (Å²) >= 11 is 0. The molecule has 1 aromatic carbocycles. The molecule has 4 aliphatic carbocycles. The molecule has 28 heavy (non-hydrogen) atoms. The third kappa shape index (κ3) is 3.28. The number of carbonyl (C=O) groups is 2. The van der Waals surface area contributed by atoms with Crippen LogP contribution >= 0.6 is 0 Å². The fourth-order valence-corrected chi connectivity index (χ4v) is 6.01. The Bertz CT molecular complexity index is 837. The third-order valence-corrected chi connectivity index (χ3v) is 6.74. The number of hydrazine groups is 1.